The molecule has 238 valence electrons. The van der Waals surface area contributed by atoms with Gasteiger partial charge in [-0.3, -0.25) is 14.7 Å². The van der Waals surface area contributed by atoms with E-state index in [2.05, 4.69) is 20.6 Å². The summed E-state index contributed by atoms with van der Waals surface area (Å²) in [4.78, 5) is 44.8. The number of aromatic nitrogens is 2. The van der Waals surface area contributed by atoms with Gasteiger partial charge in [-0.25, -0.2) is 4.79 Å². The highest BCUT2D eigenvalue weighted by molar-refractivity contribution is 6.00. The van der Waals surface area contributed by atoms with E-state index in [1.165, 1.54) is 6.08 Å². The fourth-order valence-corrected chi connectivity index (χ4v) is 6.49. The van der Waals surface area contributed by atoms with Crippen molar-refractivity contribution in [1.82, 2.24) is 30.2 Å². The molecule has 0 aliphatic carbocycles. The van der Waals surface area contributed by atoms with Crippen LogP contribution < -0.4 is 10.6 Å². The maximum absolute atomic E-state index is 13.7. The third kappa shape index (κ3) is 7.28. The molecule has 4 amide bonds. The number of urea groups is 1. The van der Waals surface area contributed by atoms with E-state index in [-0.39, 0.29) is 29.8 Å². The van der Waals surface area contributed by atoms with Crippen LogP contribution >= 0.6 is 0 Å². The number of H-pyrrole nitrogens is 1. The zero-order chi connectivity index (χ0) is 32.1. The minimum atomic E-state index is -0.569. The number of hydrogen-bond donors (Lipinski definition) is 3. The van der Waals surface area contributed by atoms with Gasteiger partial charge in [0.2, 0.25) is 5.91 Å². The number of piperidine rings is 1. The summed E-state index contributed by atoms with van der Waals surface area (Å²) in [6, 6.07) is 16.9. The van der Waals surface area contributed by atoms with Gasteiger partial charge in [0.15, 0.2) is 0 Å². The van der Waals surface area contributed by atoms with E-state index in [1.54, 1.807) is 37.3 Å². The molecule has 1 fully saturated rings. The maximum atomic E-state index is 13.7. The number of carbonyl (C=O) groups is 3. The molecule has 2 aliphatic heterocycles. The lowest BCUT2D eigenvalue weighted by Gasteiger charge is -2.34. The summed E-state index contributed by atoms with van der Waals surface area (Å²) in [6.45, 7) is 8.42. The first-order valence-corrected chi connectivity index (χ1v) is 15.7. The third-order valence-corrected chi connectivity index (χ3v) is 8.83. The van der Waals surface area contributed by atoms with Gasteiger partial charge < -0.3 is 25.3 Å². The highest BCUT2D eigenvalue weighted by atomic mass is 16.2. The number of carbonyl (C=O) groups excluding carboxylic acids is 3. The lowest BCUT2D eigenvalue weighted by molar-refractivity contribution is -0.111. The van der Waals surface area contributed by atoms with E-state index < -0.39 is 5.54 Å². The summed E-state index contributed by atoms with van der Waals surface area (Å²) >= 11 is 0. The number of allylic oxidation sites excluding steroid dienone is 1. The molecule has 3 N–H and O–H groups in total. The summed E-state index contributed by atoms with van der Waals surface area (Å²) in [6.07, 6.45) is 5.85. The van der Waals surface area contributed by atoms with Crippen molar-refractivity contribution in [3.05, 3.63) is 94.8 Å². The molecular formula is C35H45N7O3. The van der Waals surface area contributed by atoms with Gasteiger partial charge in [0.05, 0.1) is 23.8 Å². The molecule has 0 bridgehead atoms. The number of rotatable bonds is 9. The highest BCUT2D eigenvalue weighted by Gasteiger charge is 2.44. The van der Waals surface area contributed by atoms with Gasteiger partial charge in [0.25, 0.3) is 5.91 Å². The molecule has 1 unspecified atom stereocenters. The minimum absolute atomic E-state index is 0.00413. The van der Waals surface area contributed by atoms with Crippen LogP contribution in [0.1, 0.15) is 72.5 Å². The Hall–Kier alpha value is -4.44. The Bertz CT molecular complexity index is 1530. The van der Waals surface area contributed by atoms with Crippen molar-refractivity contribution < 1.29 is 14.4 Å². The minimum Gasteiger partial charge on any atom is -0.338 e. The molecule has 2 aromatic carbocycles. The van der Waals surface area contributed by atoms with E-state index in [0.717, 1.165) is 41.8 Å². The van der Waals surface area contributed by atoms with E-state index in [9.17, 15) is 14.4 Å². The number of amides is 4. The predicted octanol–water partition coefficient (Wildman–Crippen LogP) is 5.08. The molecule has 2 aliphatic rings. The van der Waals surface area contributed by atoms with Crippen LogP contribution in [0.3, 0.4) is 0 Å². The standard InChI is InChI=1S/C35H45N7O3/c1-6-11-31(43)36-27-17-15-26(16-18-27)33(44)41-19-10-12-24(21-41)20-29-28-22-42(35(2,3)32(28)39-38-29)34(45)37-30(23-40(4)5)25-13-8-7-9-14-25/h6-9,11,13-18,24,30H,10,12,19-23H2,1-5H3,(H,36,43)(H,37,45)(H,38,39)/b11-6+/t24?,30-/m1/s1. The summed E-state index contributed by atoms with van der Waals surface area (Å²) in [5.41, 5.74) is 4.79. The number of benzene rings is 2. The fraction of sp³-hybridized carbons (Fsp3) is 0.429. The van der Waals surface area contributed by atoms with Crippen LogP contribution in [0.5, 0.6) is 0 Å². The number of fused-ring (bicyclic) bond motifs is 1. The molecule has 2 atom stereocenters. The number of nitrogens with one attached hydrogen (secondary N) is 3. The van der Waals surface area contributed by atoms with Gasteiger partial charge in [-0.15, -0.1) is 0 Å². The second-order valence-electron chi connectivity index (χ2n) is 12.9. The third-order valence-electron chi connectivity index (χ3n) is 8.83. The Labute approximate surface area is 265 Å². The molecule has 5 rings (SSSR count). The average Bonchev–Trinajstić information content (AvgIpc) is 3.54. The second kappa shape index (κ2) is 13.7. The number of hydrogen-bond acceptors (Lipinski definition) is 5. The van der Waals surface area contributed by atoms with Crippen LogP contribution in [0.2, 0.25) is 0 Å². The number of nitrogens with zero attached hydrogens (tertiary/aromatic N) is 4. The first-order valence-electron chi connectivity index (χ1n) is 15.7. The van der Waals surface area contributed by atoms with Gasteiger partial charge in [-0.1, -0.05) is 36.4 Å². The summed E-state index contributed by atoms with van der Waals surface area (Å²) in [5.74, 6) is 0.0734. The summed E-state index contributed by atoms with van der Waals surface area (Å²) < 4.78 is 0. The van der Waals surface area contributed by atoms with E-state index >= 15 is 0 Å². The molecule has 0 radical (unpaired) electrons. The topological polar surface area (TPSA) is 114 Å². The van der Waals surface area contributed by atoms with Gasteiger partial charge in [0.1, 0.15) is 0 Å². The lowest BCUT2D eigenvalue weighted by atomic mass is 9.91. The summed E-state index contributed by atoms with van der Waals surface area (Å²) in [5, 5.41) is 14.1. The number of anilines is 1. The Morgan fingerprint density at radius 3 is 2.53 bits per heavy atom. The van der Waals surface area contributed by atoms with Crippen LogP contribution in [0, 0.1) is 5.92 Å². The molecule has 0 spiro atoms. The smallest absolute Gasteiger partial charge is 0.319 e. The van der Waals surface area contributed by atoms with E-state index in [1.807, 2.05) is 68.1 Å². The quantitative estimate of drug-likeness (QED) is 0.292. The molecule has 0 saturated carbocycles. The predicted molar refractivity (Wildman–Crippen MR) is 176 cm³/mol. The zero-order valence-corrected chi connectivity index (χ0v) is 27.0. The monoisotopic (exact) mass is 611 g/mol. The molecule has 3 aromatic rings. The molecule has 10 heteroatoms. The van der Waals surface area contributed by atoms with E-state index in [4.69, 9.17) is 5.10 Å². The van der Waals surface area contributed by atoms with Crippen molar-refractivity contribution in [2.75, 3.05) is 39.0 Å². The van der Waals surface area contributed by atoms with Crippen molar-refractivity contribution in [1.29, 1.82) is 0 Å². The van der Waals surface area contributed by atoms with Crippen molar-refractivity contribution in [3.8, 4) is 0 Å². The maximum Gasteiger partial charge on any atom is 0.319 e. The largest absolute Gasteiger partial charge is 0.338 e. The fourth-order valence-electron chi connectivity index (χ4n) is 6.49. The highest BCUT2D eigenvalue weighted by Crippen LogP contribution is 2.40. The van der Waals surface area contributed by atoms with Crippen molar-refractivity contribution >= 4 is 23.5 Å². The van der Waals surface area contributed by atoms with Gasteiger partial charge in [0, 0.05) is 42.1 Å². The number of likely N-dealkylation sites (N-methyl/N-ethyl adjacent to an activating group) is 1. The summed E-state index contributed by atoms with van der Waals surface area (Å²) in [7, 11) is 4.02. The molecule has 45 heavy (non-hydrogen) atoms. The zero-order valence-electron chi connectivity index (χ0n) is 27.0. The average molecular weight is 612 g/mol. The molecule has 10 nitrogen and oxygen atoms in total. The van der Waals surface area contributed by atoms with Crippen LogP contribution in [-0.2, 0) is 23.3 Å². The van der Waals surface area contributed by atoms with Gasteiger partial charge >= 0.3 is 6.03 Å². The Morgan fingerprint density at radius 2 is 1.84 bits per heavy atom. The van der Waals surface area contributed by atoms with Crippen LogP contribution in [0.15, 0.2) is 66.7 Å². The molecule has 1 aromatic heterocycles. The van der Waals surface area contributed by atoms with Crippen molar-refractivity contribution in [3.63, 3.8) is 0 Å². The van der Waals surface area contributed by atoms with Crippen LogP contribution in [0.25, 0.3) is 0 Å². The van der Waals surface area contributed by atoms with Crippen LogP contribution in [-0.4, -0.2) is 76.5 Å². The molecule has 3 heterocycles. The van der Waals surface area contributed by atoms with Gasteiger partial charge in [-0.2, -0.15) is 5.10 Å². The first kappa shape index (κ1) is 32.0. The Balaban J connectivity index is 1.23. The Kier molecular flexibility index (Phi) is 9.72. The lowest BCUT2D eigenvalue weighted by Crippen LogP contribution is -2.48. The number of aromatic amines is 1. The SMILES string of the molecule is C/C=C/C(=O)Nc1ccc(C(=O)N2CCCC(Cc3[nH]nc4c3CN(C(=O)N[C@H](CN(C)C)c3ccccc3)C4(C)C)C2)cc1. The second-order valence-corrected chi connectivity index (χ2v) is 12.9. The normalized spacial score (nSPS) is 18.2. The van der Waals surface area contributed by atoms with Crippen molar-refractivity contribution in [2.24, 2.45) is 5.92 Å². The Morgan fingerprint density at radius 1 is 1.11 bits per heavy atom. The van der Waals surface area contributed by atoms with E-state index in [0.29, 0.717) is 37.4 Å². The molecule has 1 saturated heterocycles. The van der Waals surface area contributed by atoms with Crippen molar-refractivity contribution in [2.45, 2.75) is 58.2 Å². The first-order chi connectivity index (χ1) is 21.6. The number of likely N-dealkylation sites (tertiary alicyclic amines) is 1. The van der Waals surface area contributed by atoms with Gasteiger partial charge in [-0.05, 0) is 96.0 Å². The molecular weight excluding hydrogens is 566 g/mol. The van der Waals surface area contributed by atoms with Crippen LogP contribution in [0.4, 0.5) is 10.5 Å².